The number of nitrogens with zero attached hydrogens (tertiary/aromatic N) is 3. The number of guanidine groups is 1. The number of nitrogens with one attached hydrogen (secondary N) is 1. The summed E-state index contributed by atoms with van der Waals surface area (Å²) in [6.45, 7) is 12.0. The van der Waals surface area contributed by atoms with Gasteiger partial charge in [-0.1, -0.05) is 38.1 Å². The number of rotatable bonds is 4. The van der Waals surface area contributed by atoms with Crippen molar-refractivity contribution in [2.75, 3.05) is 39.0 Å². The molecule has 3 rings (SSSR count). The zero-order chi connectivity index (χ0) is 21.2. The maximum absolute atomic E-state index is 12.3. The van der Waals surface area contributed by atoms with E-state index < -0.39 is 14.6 Å². The van der Waals surface area contributed by atoms with Crippen LogP contribution in [-0.4, -0.2) is 73.9 Å². The lowest BCUT2D eigenvalue weighted by molar-refractivity contribution is 0.139. The molecule has 0 radical (unpaired) electrons. The van der Waals surface area contributed by atoms with Crippen molar-refractivity contribution in [3.8, 4) is 0 Å². The molecule has 1 fully saturated rings. The molecule has 7 heteroatoms. The SMILES string of the molecule is CN=C(NCC(C(C)C)N1CCc2ccccc2C1)N1CCS(=O)(=O)C(C)(C)C1. The van der Waals surface area contributed by atoms with Gasteiger partial charge in [0, 0.05) is 45.8 Å². The predicted molar refractivity (Wildman–Crippen MR) is 120 cm³/mol. The Morgan fingerprint density at radius 1 is 1.21 bits per heavy atom. The largest absolute Gasteiger partial charge is 0.355 e. The number of aliphatic imine (C=N–C) groups is 1. The van der Waals surface area contributed by atoms with Gasteiger partial charge in [-0.05, 0) is 37.3 Å². The summed E-state index contributed by atoms with van der Waals surface area (Å²) >= 11 is 0. The molecule has 1 aromatic rings. The molecule has 0 aromatic heterocycles. The van der Waals surface area contributed by atoms with E-state index in [4.69, 9.17) is 0 Å². The molecule has 0 spiro atoms. The Morgan fingerprint density at radius 3 is 2.52 bits per heavy atom. The van der Waals surface area contributed by atoms with Crippen LogP contribution in [-0.2, 0) is 22.8 Å². The van der Waals surface area contributed by atoms with Gasteiger partial charge < -0.3 is 10.2 Å². The van der Waals surface area contributed by atoms with Gasteiger partial charge in [0.1, 0.15) is 0 Å². The summed E-state index contributed by atoms with van der Waals surface area (Å²) in [6, 6.07) is 9.12. The first-order valence-electron chi connectivity index (χ1n) is 10.6. The van der Waals surface area contributed by atoms with Gasteiger partial charge in [0.25, 0.3) is 0 Å². The molecule has 1 aromatic carbocycles. The number of hydrogen-bond acceptors (Lipinski definition) is 4. The molecule has 1 saturated heterocycles. The van der Waals surface area contributed by atoms with E-state index >= 15 is 0 Å². The molecule has 1 N–H and O–H groups in total. The van der Waals surface area contributed by atoms with Crippen LogP contribution in [0.15, 0.2) is 29.3 Å². The molecule has 0 saturated carbocycles. The van der Waals surface area contributed by atoms with Crippen molar-refractivity contribution < 1.29 is 8.42 Å². The lowest BCUT2D eigenvalue weighted by Gasteiger charge is -2.41. The molecule has 162 valence electrons. The molecule has 2 aliphatic rings. The van der Waals surface area contributed by atoms with Gasteiger partial charge in [0.15, 0.2) is 15.8 Å². The number of fused-ring (bicyclic) bond motifs is 1. The van der Waals surface area contributed by atoms with Crippen molar-refractivity contribution in [3.05, 3.63) is 35.4 Å². The van der Waals surface area contributed by atoms with Crippen LogP contribution in [0.3, 0.4) is 0 Å². The van der Waals surface area contributed by atoms with Crippen LogP contribution < -0.4 is 5.32 Å². The van der Waals surface area contributed by atoms with E-state index in [1.165, 1.54) is 11.1 Å². The quantitative estimate of drug-likeness (QED) is 0.597. The Bertz CT molecular complexity index is 848. The standard InChI is InChI=1S/C22H36N4O2S/c1-17(2)20(25-11-10-18-8-6-7-9-19(18)15-25)14-24-21(23-5)26-12-13-29(27,28)22(3,4)16-26/h6-9,17,20H,10-16H2,1-5H3,(H,23,24). The van der Waals surface area contributed by atoms with Crippen LogP contribution in [0.25, 0.3) is 0 Å². The van der Waals surface area contributed by atoms with E-state index in [0.717, 1.165) is 32.0 Å². The Balaban J connectivity index is 1.66. The van der Waals surface area contributed by atoms with E-state index in [2.05, 4.69) is 58.2 Å². The van der Waals surface area contributed by atoms with E-state index in [-0.39, 0.29) is 5.75 Å². The van der Waals surface area contributed by atoms with Crippen molar-refractivity contribution in [3.63, 3.8) is 0 Å². The average molecular weight is 421 g/mol. The smallest absolute Gasteiger partial charge is 0.193 e. The Labute approximate surface area is 176 Å². The predicted octanol–water partition coefficient (Wildman–Crippen LogP) is 2.15. The van der Waals surface area contributed by atoms with Crippen molar-refractivity contribution in [1.29, 1.82) is 0 Å². The first-order valence-corrected chi connectivity index (χ1v) is 12.3. The third kappa shape index (κ3) is 4.77. The van der Waals surface area contributed by atoms with Crippen LogP contribution in [0.1, 0.15) is 38.8 Å². The second-order valence-corrected chi connectivity index (χ2v) is 12.0. The van der Waals surface area contributed by atoms with Gasteiger partial charge in [0.05, 0.1) is 10.5 Å². The summed E-state index contributed by atoms with van der Waals surface area (Å²) in [7, 11) is -1.28. The van der Waals surface area contributed by atoms with Crippen LogP contribution >= 0.6 is 0 Å². The van der Waals surface area contributed by atoms with Gasteiger partial charge in [-0.25, -0.2) is 8.42 Å². The zero-order valence-electron chi connectivity index (χ0n) is 18.5. The summed E-state index contributed by atoms with van der Waals surface area (Å²) < 4.78 is 23.9. The maximum atomic E-state index is 12.3. The highest BCUT2D eigenvalue weighted by molar-refractivity contribution is 7.92. The van der Waals surface area contributed by atoms with E-state index in [0.29, 0.717) is 25.0 Å². The molecular formula is C22H36N4O2S. The van der Waals surface area contributed by atoms with E-state index in [9.17, 15) is 8.42 Å². The van der Waals surface area contributed by atoms with E-state index in [1.54, 1.807) is 7.05 Å². The zero-order valence-corrected chi connectivity index (χ0v) is 19.3. The summed E-state index contributed by atoms with van der Waals surface area (Å²) in [4.78, 5) is 9.11. The average Bonchev–Trinajstić information content (AvgIpc) is 2.67. The van der Waals surface area contributed by atoms with Crippen LogP contribution in [0.5, 0.6) is 0 Å². The Morgan fingerprint density at radius 2 is 1.90 bits per heavy atom. The molecule has 0 bridgehead atoms. The first-order chi connectivity index (χ1) is 13.6. The monoisotopic (exact) mass is 420 g/mol. The Kier molecular flexibility index (Phi) is 6.58. The highest BCUT2D eigenvalue weighted by Gasteiger charge is 2.41. The molecule has 0 amide bonds. The molecule has 6 nitrogen and oxygen atoms in total. The molecule has 1 unspecified atom stereocenters. The molecule has 2 aliphatic heterocycles. The van der Waals surface area contributed by atoms with Crippen molar-refractivity contribution >= 4 is 15.8 Å². The number of sulfone groups is 1. The van der Waals surface area contributed by atoms with Gasteiger partial charge >= 0.3 is 0 Å². The van der Waals surface area contributed by atoms with Gasteiger partial charge in [-0.15, -0.1) is 0 Å². The highest BCUT2D eigenvalue weighted by Crippen LogP contribution is 2.25. The summed E-state index contributed by atoms with van der Waals surface area (Å²) in [5.41, 5.74) is 2.89. The molecule has 29 heavy (non-hydrogen) atoms. The van der Waals surface area contributed by atoms with Crippen LogP contribution in [0.4, 0.5) is 0 Å². The van der Waals surface area contributed by atoms with Gasteiger partial charge in [-0.2, -0.15) is 0 Å². The van der Waals surface area contributed by atoms with Gasteiger partial charge in [-0.3, -0.25) is 9.89 Å². The topological polar surface area (TPSA) is 65.0 Å². The second kappa shape index (κ2) is 8.64. The molecular weight excluding hydrogens is 384 g/mol. The van der Waals surface area contributed by atoms with Crippen molar-refractivity contribution in [2.24, 2.45) is 10.9 Å². The van der Waals surface area contributed by atoms with Crippen LogP contribution in [0, 0.1) is 5.92 Å². The fourth-order valence-corrected chi connectivity index (χ4v) is 5.81. The minimum atomic E-state index is -3.06. The molecule has 0 aliphatic carbocycles. The summed E-state index contributed by atoms with van der Waals surface area (Å²) in [5.74, 6) is 1.48. The molecule has 2 heterocycles. The normalized spacial score (nSPS) is 23.0. The fourth-order valence-electron chi connectivity index (χ4n) is 4.44. The van der Waals surface area contributed by atoms with Crippen molar-refractivity contribution in [2.45, 2.75) is 51.4 Å². The van der Waals surface area contributed by atoms with Gasteiger partial charge in [0.2, 0.25) is 0 Å². The van der Waals surface area contributed by atoms with E-state index in [1.807, 2.05) is 13.8 Å². The minimum Gasteiger partial charge on any atom is -0.355 e. The third-order valence-electron chi connectivity index (χ3n) is 6.42. The number of hydrogen-bond donors (Lipinski definition) is 1. The summed E-state index contributed by atoms with van der Waals surface area (Å²) in [5, 5.41) is 3.55. The van der Waals surface area contributed by atoms with Crippen LogP contribution in [0.2, 0.25) is 0 Å². The molecule has 1 atom stereocenters. The first kappa shape index (κ1) is 22.1. The van der Waals surface area contributed by atoms with Crippen molar-refractivity contribution in [1.82, 2.24) is 15.1 Å². The lowest BCUT2D eigenvalue weighted by atomic mass is 9.95. The summed E-state index contributed by atoms with van der Waals surface area (Å²) in [6.07, 6.45) is 1.09. The maximum Gasteiger partial charge on any atom is 0.193 e. The number of benzene rings is 1. The lowest BCUT2D eigenvalue weighted by Crippen LogP contribution is -2.58. The minimum absolute atomic E-state index is 0.178. The Hall–Kier alpha value is -1.60. The second-order valence-electron chi connectivity index (χ2n) is 9.23. The third-order valence-corrected chi connectivity index (χ3v) is 8.96. The fraction of sp³-hybridized carbons (Fsp3) is 0.682. The highest BCUT2D eigenvalue weighted by atomic mass is 32.2.